The third-order valence-electron chi connectivity index (χ3n) is 2.22. The van der Waals surface area contributed by atoms with Crippen LogP contribution in [0, 0.1) is 0 Å². The van der Waals surface area contributed by atoms with Crippen LogP contribution in [0.1, 0.15) is 19.4 Å². The molecular weight excluding hydrogens is 289 g/mol. The summed E-state index contributed by atoms with van der Waals surface area (Å²) >= 11 is 9.39. The number of rotatable bonds is 3. The maximum Gasteiger partial charge on any atom is 0.238 e. The van der Waals surface area contributed by atoms with Crippen LogP contribution in [0.5, 0.6) is 0 Å². The van der Waals surface area contributed by atoms with Gasteiger partial charge in [0.2, 0.25) is 5.91 Å². The summed E-state index contributed by atoms with van der Waals surface area (Å²) in [6.07, 6.45) is 0. The highest BCUT2D eigenvalue weighted by Gasteiger charge is 2.27. The molecule has 0 aromatic heterocycles. The molecule has 0 aliphatic carbocycles. The fraction of sp³-hybridized carbons (Fsp3) is 0.417. The second-order valence-corrected chi connectivity index (χ2v) is 6.61. The Balaban J connectivity index is 2.76. The molecule has 4 heteroatoms. The van der Waals surface area contributed by atoms with Crippen molar-refractivity contribution in [3.8, 4) is 0 Å². The van der Waals surface area contributed by atoms with E-state index in [1.54, 1.807) is 11.9 Å². The predicted octanol–water partition coefficient (Wildman–Crippen LogP) is 3.47. The van der Waals surface area contributed by atoms with Gasteiger partial charge in [-0.2, -0.15) is 0 Å². The van der Waals surface area contributed by atoms with Crippen LogP contribution in [-0.2, 0) is 11.3 Å². The molecule has 1 rings (SSSR count). The summed E-state index contributed by atoms with van der Waals surface area (Å²) in [5.74, 6) is 0.0346. The van der Waals surface area contributed by atoms with Crippen molar-refractivity contribution >= 4 is 33.4 Å². The van der Waals surface area contributed by atoms with E-state index >= 15 is 0 Å². The Morgan fingerprint density at radius 2 is 2.00 bits per heavy atom. The van der Waals surface area contributed by atoms with E-state index in [9.17, 15) is 4.79 Å². The maximum absolute atomic E-state index is 11.9. The monoisotopic (exact) mass is 303 g/mol. The second-order valence-electron chi connectivity index (χ2n) is 4.23. The highest BCUT2D eigenvalue weighted by atomic mass is 79.9. The molecule has 0 bridgehead atoms. The van der Waals surface area contributed by atoms with E-state index in [0.29, 0.717) is 11.6 Å². The second kappa shape index (κ2) is 5.19. The third kappa shape index (κ3) is 3.49. The van der Waals surface area contributed by atoms with Crippen molar-refractivity contribution in [2.75, 3.05) is 7.05 Å². The molecular formula is C12H15BrClNO. The number of alkyl halides is 1. The average molecular weight is 305 g/mol. The Bertz CT molecular complexity index is 387. The zero-order valence-corrected chi connectivity index (χ0v) is 12.0. The first-order valence-corrected chi connectivity index (χ1v) is 6.17. The molecule has 1 aromatic carbocycles. The summed E-state index contributed by atoms with van der Waals surface area (Å²) in [5, 5.41) is 0.689. The number of amides is 1. The van der Waals surface area contributed by atoms with Gasteiger partial charge < -0.3 is 4.90 Å². The fourth-order valence-corrected chi connectivity index (χ4v) is 1.91. The molecule has 0 spiro atoms. The highest BCUT2D eigenvalue weighted by molar-refractivity contribution is 9.10. The van der Waals surface area contributed by atoms with Gasteiger partial charge in [0.25, 0.3) is 0 Å². The van der Waals surface area contributed by atoms with Crippen molar-refractivity contribution in [2.24, 2.45) is 0 Å². The number of carbonyl (C=O) groups is 1. The molecule has 0 saturated heterocycles. The Labute approximate surface area is 110 Å². The third-order valence-corrected chi connectivity index (χ3v) is 2.93. The zero-order chi connectivity index (χ0) is 12.3. The lowest BCUT2D eigenvalue weighted by Gasteiger charge is -2.25. The van der Waals surface area contributed by atoms with E-state index in [4.69, 9.17) is 11.6 Å². The lowest BCUT2D eigenvalue weighted by Crippen LogP contribution is -2.38. The quantitative estimate of drug-likeness (QED) is 0.783. The molecule has 0 saturated carbocycles. The van der Waals surface area contributed by atoms with Crippen molar-refractivity contribution in [1.29, 1.82) is 0 Å². The Morgan fingerprint density at radius 1 is 1.44 bits per heavy atom. The van der Waals surface area contributed by atoms with Crippen molar-refractivity contribution in [2.45, 2.75) is 24.7 Å². The SMILES string of the molecule is CN(Cc1ccccc1Cl)C(=O)C(C)(C)Br. The van der Waals surface area contributed by atoms with E-state index in [1.807, 2.05) is 38.1 Å². The van der Waals surface area contributed by atoms with Gasteiger partial charge in [-0.05, 0) is 25.5 Å². The normalized spacial score (nSPS) is 11.3. The molecule has 0 heterocycles. The van der Waals surface area contributed by atoms with Gasteiger partial charge in [-0.15, -0.1) is 0 Å². The molecule has 0 unspecified atom stereocenters. The van der Waals surface area contributed by atoms with Crippen molar-refractivity contribution in [3.05, 3.63) is 34.9 Å². The van der Waals surface area contributed by atoms with E-state index in [0.717, 1.165) is 5.56 Å². The Morgan fingerprint density at radius 3 is 2.50 bits per heavy atom. The van der Waals surface area contributed by atoms with Crippen LogP contribution in [-0.4, -0.2) is 22.2 Å². The Kier molecular flexibility index (Phi) is 4.39. The van der Waals surface area contributed by atoms with Crippen LogP contribution in [0.2, 0.25) is 5.02 Å². The van der Waals surface area contributed by atoms with Gasteiger partial charge >= 0.3 is 0 Å². The summed E-state index contributed by atoms with van der Waals surface area (Å²) in [5.41, 5.74) is 0.955. The van der Waals surface area contributed by atoms with Crippen LogP contribution in [0.15, 0.2) is 24.3 Å². The van der Waals surface area contributed by atoms with E-state index < -0.39 is 4.32 Å². The van der Waals surface area contributed by atoms with Gasteiger partial charge in [-0.3, -0.25) is 4.79 Å². The lowest BCUT2D eigenvalue weighted by molar-refractivity contribution is -0.131. The molecule has 0 atom stereocenters. The molecule has 0 radical (unpaired) electrons. The first kappa shape index (κ1) is 13.5. The van der Waals surface area contributed by atoms with Crippen LogP contribution < -0.4 is 0 Å². The van der Waals surface area contributed by atoms with Crippen molar-refractivity contribution in [1.82, 2.24) is 4.90 Å². The zero-order valence-electron chi connectivity index (χ0n) is 9.63. The predicted molar refractivity (Wildman–Crippen MR) is 70.9 cm³/mol. The number of hydrogen-bond donors (Lipinski definition) is 0. The average Bonchev–Trinajstić information content (AvgIpc) is 2.19. The highest BCUT2D eigenvalue weighted by Crippen LogP contribution is 2.21. The number of benzene rings is 1. The summed E-state index contributed by atoms with van der Waals surface area (Å²) in [7, 11) is 1.77. The largest absolute Gasteiger partial charge is 0.340 e. The summed E-state index contributed by atoms with van der Waals surface area (Å²) in [6, 6.07) is 7.54. The molecule has 1 aromatic rings. The Hall–Kier alpha value is -0.540. The first-order chi connectivity index (χ1) is 7.32. The van der Waals surface area contributed by atoms with Gasteiger partial charge in [0, 0.05) is 18.6 Å². The van der Waals surface area contributed by atoms with Gasteiger partial charge in [0.1, 0.15) is 0 Å². The van der Waals surface area contributed by atoms with Crippen LogP contribution in [0.25, 0.3) is 0 Å². The van der Waals surface area contributed by atoms with Gasteiger partial charge in [-0.25, -0.2) is 0 Å². The first-order valence-electron chi connectivity index (χ1n) is 5.00. The van der Waals surface area contributed by atoms with Gasteiger partial charge in [0.15, 0.2) is 0 Å². The topological polar surface area (TPSA) is 20.3 Å². The maximum atomic E-state index is 11.9. The molecule has 1 amide bonds. The van der Waals surface area contributed by atoms with Crippen LogP contribution >= 0.6 is 27.5 Å². The molecule has 0 N–H and O–H groups in total. The summed E-state index contributed by atoms with van der Waals surface area (Å²) < 4.78 is -0.539. The molecule has 2 nitrogen and oxygen atoms in total. The molecule has 88 valence electrons. The van der Waals surface area contributed by atoms with Crippen LogP contribution in [0.3, 0.4) is 0 Å². The minimum Gasteiger partial charge on any atom is -0.340 e. The summed E-state index contributed by atoms with van der Waals surface area (Å²) in [6.45, 7) is 4.18. The number of hydrogen-bond acceptors (Lipinski definition) is 1. The molecule has 0 fully saturated rings. The van der Waals surface area contributed by atoms with Gasteiger partial charge in [0.05, 0.1) is 4.32 Å². The minimum atomic E-state index is -0.539. The van der Waals surface area contributed by atoms with E-state index in [1.165, 1.54) is 0 Å². The van der Waals surface area contributed by atoms with E-state index in [2.05, 4.69) is 15.9 Å². The molecule has 0 aliphatic heterocycles. The fourth-order valence-electron chi connectivity index (χ4n) is 1.41. The standard InChI is InChI=1S/C12H15BrClNO/c1-12(2,13)11(16)15(3)8-9-6-4-5-7-10(9)14/h4-7H,8H2,1-3H3. The number of halogens is 2. The summed E-state index contributed by atoms with van der Waals surface area (Å²) in [4.78, 5) is 13.6. The number of nitrogens with zero attached hydrogens (tertiary/aromatic N) is 1. The van der Waals surface area contributed by atoms with Crippen molar-refractivity contribution in [3.63, 3.8) is 0 Å². The van der Waals surface area contributed by atoms with Gasteiger partial charge in [-0.1, -0.05) is 45.7 Å². The van der Waals surface area contributed by atoms with Crippen molar-refractivity contribution < 1.29 is 4.79 Å². The molecule has 16 heavy (non-hydrogen) atoms. The lowest BCUT2D eigenvalue weighted by atomic mass is 10.1. The van der Waals surface area contributed by atoms with Crippen LogP contribution in [0.4, 0.5) is 0 Å². The smallest absolute Gasteiger partial charge is 0.238 e. The molecule has 0 aliphatic rings. The minimum absolute atomic E-state index is 0.0346. The number of carbonyl (C=O) groups excluding carboxylic acids is 1. The van der Waals surface area contributed by atoms with E-state index in [-0.39, 0.29) is 5.91 Å².